The Morgan fingerprint density at radius 1 is 1.03 bits per heavy atom. The number of aliphatic carboxylic acids is 2. The van der Waals surface area contributed by atoms with E-state index in [-0.39, 0.29) is 19.3 Å². The number of aromatic nitrogens is 1. The Kier molecular flexibility index (Phi) is 9.01. The number of hydrogen-bond acceptors (Lipinski definition) is 6. The zero-order valence-corrected chi connectivity index (χ0v) is 19.9. The number of carbonyl (C=O) groups excluding carboxylic acids is 3. The molecule has 1 aliphatic heterocycles. The second-order valence-corrected chi connectivity index (χ2v) is 8.84. The minimum absolute atomic E-state index is 0.0394. The number of carbonyl (C=O) groups is 5. The van der Waals surface area contributed by atoms with Crippen molar-refractivity contribution >= 4 is 40.6 Å². The zero-order chi connectivity index (χ0) is 26.2. The summed E-state index contributed by atoms with van der Waals surface area (Å²) in [5.41, 5.74) is 1.54. The lowest BCUT2D eigenvalue weighted by Crippen LogP contribution is -2.57. The molecule has 0 bridgehead atoms. The van der Waals surface area contributed by atoms with Crippen molar-refractivity contribution < 1.29 is 34.2 Å². The van der Waals surface area contributed by atoms with E-state index in [4.69, 9.17) is 5.11 Å². The van der Waals surface area contributed by atoms with Gasteiger partial charge in [0.1, 0.15) is 18.1 Å². The van der Waals surface area contributed by atoms with Crippen molar-refractivity contribution in [3.63, 3.8) is 0 Å². The molecule has 0 aliphatic carbocycles. The normalized spacial score (nSPS) is 17.6. The van der Waals surface area contributed by atoms with E-state index in [1.54, 1.807) is 6.20 Å². The fourth-order valence-corrected chi connectivity index (χ4v) is 4.09. The first-order chi connectivity index (χ1) is 17.2. The van der Waals surface area contributed by atoms with Crippen molar-refractivity contribution in [2.75, 3.05) is 6.54 Å². The van der Waals surface area contributed by atoms with Gasteiger partial charge in [0.15, 0.2) is 0 Å². The predicted octanol–water partition coefficient (Wildman–Crippen LogP) is -0.114. The second-order valence-electron chi connectivity index (χ2n) is 8.84. The van der Waals surface area contributed by atoms with Crippen LogP contribution in [0.3, 0.4) is 0 Å². The van der Waals surface area contributed by atoms with Gasteiger partial charge in [-0.3, -0.25) is 24.0 Å². The molecular weight excluding hydrogens is 470 g/mol. The van der Waals surface area contributed by atoms with E-state index in [0.29, 0.717) is 13.0 Å². The van der Waals surface area contributed by atoms with Gasteiger partial charge in [0.05, 0.1) is 6.04 Å². The van der Waals surface area contributed by atoms with Crippen LogP contribution in [0.5, 0.6) is 0 Å². The summed E-state index contributed by atoms with van der Waals surface area (Å²) >= 11 is 0. The SMILES string of the molecule is CC(NC(=O)C(Cc1c[nH]c2ccccc12)NC(=O)C(CCC(=O)O)NC(=O)C1CCCN1)C(=O)O. The quantitative estimate of drug-likeness (QED) is 0.209. The lowest BCUT2D eigenvalue weighted by atomic mass is 10.0. The van der Waals surface area contributed by atoms with Gasteiger partial charge in [-0.15, -0.1) is 0 Å². The number of benzene rings is 1. The van der Waals surface area contributed by atoms with Gasteiger partial charge in [-0.05, 0) is 44.4 Å². The van der Waals surface area contributed by atoms with Gasteiger partial charge < -0.3 is 36.5 Å². The molecule has 194 valence electrons. The molecule has 12 nitrogen and oxygen atoms in total. The number of carboxylic acid groups (broad SMARTS) is 2. The predicted molar refractivity (Wildman–Crippen MR) is 129 cm³/mol. The molecule has 0 spiro atoms. The maximum absolute atomic E-state index is 13.2. The Hall–Kier alpha value is -3.93. The van der Waals surface area contributed by atoms with E-state index >= 15 is 0 Å². The summed E-state index contributed by atoms with van der Waals surface area (Å²) in [6, 6.07) is 3.34. The highest BCUT2D eigenvalue weighted by atomic mass is 16.4. The highest BCUT2D eigenvalue weighted by Gasteiger charge is 2.31. The molecule has 3 amide bonds. The number of carboxylic acids is 2. The first-order valence-electron chi connectivity index (χ1n) is 11.8. The molecule has 1 saturated heterocycles. The third kappa shape index (κ3) is 7.04. The number of fused-ring (bicyclic) bond motifs is 1. The van der Waals surface area contributed by atoms with Gasteiger partial charge >= 0.3 is 11.9 Å². The Balaban J connectivity index is 1.80. The van der Waals surface area contributed by atoms with E-state index in [1.807, 2.05) is 24.3 Å². The lowest BCUT2D eigenvalue weighted by molar-refractivity contribution is -0.141. The summed E-state index contributed by atoms with van der Waals surface area (Å²) in [6.07, 6.45) is 2.60. The maximum Gasteiger partial charge on any atom is 0.325 e. The largest absolute Gasteiger partial charge is 0.481 e. The number of amides is 3. The number of nitrogens with one attached hydrogen (secondary N) is 5. The molecule has 4 unspecified atom stereocenters. The van der Waals surface area contributed by atoms with Gasteiger partial charge in [0.2, 0.25) is 17.7 Å². The van der Waals surface area contributed by atoms with Gasteiger partial charge in [-0.2, -0.15) is 0 Å². The first kappa shape index (κ1) is 26.7. The van der Waals surface area contributed by atoms with E-state index < -0.39 is 53.8 Å². The van der Waals surface area contributed by atoms with Crippen molar-refractivity contribution in [3.8, 4) is 0 Å². The zero-order valence-electron chi connectivity index (χ0n) is 19.9. The minimum Gasteiger partial charge on any atom is -0.481 e. The fraction of sp³-hybridized carbons (Fsp3) is 0.458. The fourth-order valence-electron chi connectivity index (χ4n) is 4.09. The third-order valence-corrected chi connectivity index (χ3v) is 6.12. The number of rotatable bonds is 12. The molecule has 1 aliphatic rings. The molecule has 12 heteroatoms. The smallest absolute Gasteiger partial charge is 0.325 e. The van der Waals surface area contributed by atoms with Crippen molar-refractivity contribution in [2.24, 2.45) is 0 Å². The van der Waals surface area contributed by atoms with Crippen molar-refractivity contribution in [1.82, 2.24) is 26.3 Å². The summed E-state index contributed by atoms with van der Waals surface area (Å²) in [5.74, 6) is -4.24. The van der Waals surface area contributed by atoms with E-state index in [2.05, 4.69) is 26.3 Å². The van der Waals surface area contributed by atoms with E-state index in [9.17, 15) is 29.1 Å². The maximum atomic E-state index is 13.2. The first-order valence-corrected chi connectivity index (χ1v) is 11.8. The van der Waals surface area contributed by atoms with Gasteiger partial charge in [0, 0.05) is 29.9 Å². The van der Waals surface area contributed by atoms with Crippen LogP contribution in [0, 0.1) is 0 Å². The molecule has 1 fully saturated rings. The standard InChI is InChI=1S/C24H31N5O7/c1-13(24(35)36)27-23(34)19(11-14-12-26-16-6-3-2-5-15(14)16)29-22(33)18(8-9-20(30)31)28-21(32)17-7-4-10-25-17/h2-3,5-6,12-13,17-19,25-26H,4,7-11H2,1H3,(H,27,34)(H,28,32)(H,29,33)(H,30,31)(H,35,36). The van der Waals surface area contributed by atoms with Crippen LogP contribution >= 0.6 is 0 Å². The third-order valence-electron chi connectivity index (χ3n) is 6.12. The summed E-state index contributed by atoms with van der Waals surface area (Å²) < 4.78 is 0. The highest BCUT2D eigenvalue weighted by molar-refractivity contribution is 5.95. The number of para-hydroxylation sites is 1. The molecule has 1 aromatic carbocycles. The highest BCUT2D eigenvalue weighted by Crippen LogP contribution is 2.19. The van der Waals surface area contributed by atoms with Gasteiger partial charge in [0.25, 0.3) is 0 Å². The Morgan fingerprint density at radius 2 is 1.75 bits per heavy atom. The molecular formula is C24H31N5O7. The van der Waals surface area contributed by atoms with Crippen molar-refractivity contribution in [1.29, 1.82) is 0 Å². The minimum atomic E-state index is -1.24. The molecule has 2 heterocycles. The summed E-state index contributed by atoms with van der Waals surface area (Å²) in [7, 11) is 0. The van der Waals surface area contributed by atoms with Crippen molar-refractivity contribution in [3.05, 3.63) is 36.0 Å². The van der Waals surface area contributed by atoms with E-state index in [1.165, 1.54) is 6.92 Å². The van der Waals surface area contributed by atoms with Crippen LogP contribution in [0.4, 0.5) is 0 Å². The molecule has 0 radical (unpaired) electrons. The monoisotopic (exact) mass is 501 g/mol. The molecule has 0 saturated carbocycles. The summed E-state index contributed by atoms with van der Waals surface area (Å²) in [6.45, 7) is 1.97. The van der Waals surface area contributed by atoms with Crippen LogP contribution in [0.25, 0.3) is 10.9 Å². The van der Waals surface area contributed by atoms with E-state index in [0.717, 1.165) is 22.9 Å². The lowest BCUT2D eigenvalue weighted by Gasteiger charge is -2.24. The van der Waals surface area contributed by atoms with Crippen LogP contribution in [0.2, 0.25) is 0 Å². The van der Waals surface area contributed by atoms with Crippen LogP contribution in [0.1, 0.15) is 38.2 Å². The van der Waals surface area contributed by atoms with Crippen molar-refractivity contribution in [2.45, 2.75) is 63.2 Å². The van der Waals surface area contributed by atoms with Gasteiger partial charge in [-0.1, -0.05) is 18.2 Å². The average molecular weight is 502 g/mol. The number of H-pyrrole nitrogens is 1. The topological polar surface area (TPSA) is 190 Å². The molecule has 4 atom stereocenters. The number of hydrogen-bond donors (Lipinski definition) is 7. The van der Waals surface area contributed by atoms with Crippen LogP contribution in [-0.4, -0.2) is 75.6 Å². The van der Waals surface area contributed by atoms with Crippen LogP contribution in [-0.2, 0) is 30.4 Å². The van der Waals surface area contributed by atoms with Crippen LogP contribution < -0.4 is 21.3 Å². The number of aromatic amines is 1. The molecule has 7 N–H and O–H groups in total. The molecule has 36 heavy (non-hydrogen) atoms. The Labute approximate surface area is 207 Å². The Morgan fingerprint density at radius 3 is 2.42 bits per heavy atom. The second kappa shape index (κ2) is 12.2. The average Bonchev–Trinajstić information content (AvgIpc) is 3.51. The molecule has 3 rings (SSSR count). The molecule has 1 aromatic heterocycles. The van der Waals surface area contributed by atoms with Crippen LogP contribution in [0.15, 0.2) is 30.5 Å². The summed E-state index contributed by atoms with van der Waals surface area (Å²) in [5, 5.41) is 29.7. The molecule has 2 aromatic rings. The van der Waals surface area contributed by atoms with Gasteiger partial charge in [-0.25, -0.2) is 0 Å². The Bertz CT molecular complexity index is 1130. The summed E-state index contributed by atoms with van der Waals surface area (Å²) in [4.78, 5) is 64.3.